The first-order chi connectivity index (χ1) is 9.76. The first-order valence-electron chi connectivity index (χ1n) is 8.72. The molecule has 3 N–H and O–H groups in total. The molecule has 0 radical (unpaired) electrons. The van der Waals surface area contributed by atoms with Crippen molar-refractivity contribution >= 4 is 0 Å². The van der Waals surface area contributed by atoms with E-state index in [1.807, 2.05) is 0 Å². The zero-order valence-corrected chi connectivity index (χ0v) is 14.5. The molecule has 0 spiro atoms. The van der Waals surface area contributed by atoms with Crippen LogP contribution in [-0.4, -0.2) is 30.5 Å². The van der Waals surface area contributed by atoms with E-state index in [1.165, 1.54) is 12.8 Å². The second-order valence-corrected chi connectivity index (χ2v) is 8.59. The van der Waals surface area contributed by atoms with Crippen molar-refractivity contribution in [1.82, 2.24) is 0 Å². The molecule has 3 heteroatoms. The monoisotopic (exact) mass is 297 g/mol. The van der Waals surface area contributed by atoms with Gasteiger partial charge in [0.2, 0.25) is 0 Å². The molecule has 0 heterocycles. The van der Waals surface area contributed by atoms with Crippen LogP contribution in [0.15, 0.2) is 0 Å². The van der Waals surface area contributed by atoms with Crippen molar-refractivity contribution in [3.8, 4) is 0 Å². The van der Waals surface area contributed by atoms with Gasteiger partial charge in [-0.05, 0) is 62.7 Å². The summed E-state index contributed by atoms with van der Waals surface area (Å²) in [5.41, 5.74) is 5.92. The van der Waals surface area contributed by atoms with Gasteiger partial charge in [0.1, 0.15) is 0 Å². The molecule has 3 nitrogen and oxygen atoms in total. The fourth-order valence-corrected chi connectivity index (χ4v) is 4.73. The van der Waals surface area contributed by atoms with Gasteiger partial charge in [-0.25, -0.2) is 0 Å². The van der Waals surface area contributed by atoms with Crippen LogP contribution in [0.2, 0.25) is 0 Å². The maximum Gasteiger partial charge on any atom is 0.0717 e. The Kier molecular flexibility index (Phi) is 5.07. The van der Waals surface area contributed by atoms with Gasteiger partial charge in [0.25, 0.3) is 0 Å². The lowest BCUT2D eigenvalue weighted by atomic mass is 9.55. The van der Waals surface area contributed by atoms with Crippen LogP contribution in [0.1, 0.15) is 72.1 Å². The summed E-state index contributed by atoms with van der Waals surface area (Å²) < 4.78 is 5.46. The van der Waals surface area contributed by atoms with E-state index >= 15 is 0 Å². The summed E-state index contributed by atoms with van der Waals surface area (Å²) in [7, 11) is 1.78. The van der Waals surface area contributed by atoms with E-state index in [0.29, 0.717) is 18.1 Å². The van der Waals surface area contributed by atoms with Crippen molar-refractivity contribution < 1.29 is 9.84 Å². The maximum atomic E-state index is 11.3. The molecule has 2 aliphatic carbocycles. The zero-order chi connectivity index (χ0) is 15.7. The summed E-state index contributed by atoms with van der Waals surface area (Å²) in [5.74, 6) is 0.760. The molecule has 2 aliphatic rings. The van der Waals surface area contributed by atoms with Crippen LogP contribution in [0.3, 0.4) is 0 Å². The standard InChI is InChI=1S/C18H35NO2/c1-16(2,3)14-5-9-17(13-19,10-6-14)18(20)11-7-15(21-4)8-12-18/h14-15,20H,5-13,19H2,1-4H3. The van der Waals surface area contributed by atoms with Gasteiger partial charge in [0.15, 0.2) is 0 Å². The van der Waals surface area contributed by atoms with Crippen molar-refractivity contribution in [2.45, 2.75) is 83.8 Å². The number of aliphatic hydroxyl groups is 1. The largest absolute Gasteiger partial charge is 0.389 e. The van der Waals surface area contributed by atoms with Crippen molar-refractivity contribution in [3.63, 3.8) is 0 Å². The Morgan fingerprint density at radius 2 is 1.57 bits per heavy atom. The Labute approximate surface area is 130 Å². The van der Waals surface area contributed by atoms with E-state index in [1.54, 1.807) is 7.11 Å². The van der Waals surface area contributed by atoms with Crippen LogP contribution in [0.4, 0.5) is 0 Å². The van der Waals surface area contributed by atoms with Gasteiger partial charge in [-0.2, -0.15) is 0 Å². The van der Waals surface area contributed by atoms with Crippen LogP contribution >= 0.6 is 0 Å². The van der Waals surface area contributed by atoms with E-state index in [-0.39, 0.29) is 5.41 Å². The molecule has 0 aliphatic heterocycles. The second kappa shape index (κ2) is 6.17. The lowest BCUT2D eigenvalue weighted by Gasteiger charge is -2.54. The minimum atomic E-state index is -0.570. The number of ether oxygens (including phenoxy) is 1. The van der Waals surface area contributed by atoms with E-state index in [0.717, 1.165) is 44.4 Å². The van der Waals surface area contributed by atoms with E-state index < -0.39 is 5.60 Å². The molecular weight excluding hydrogens is 262 g/mol. The van der Waals surface area contributed by atoms with Crippen molar-refractivity contribution in [2.75, 3.05) is 13.7 Å². The summed E-state index contributed by atoms with van der Waals surface area (Å²) in [6, 6.07) is 0. The Morgan fingerprint density at radius 3 is 1.95 bits per heavy atom. The molecule has 0 amide bonds. The molecular formula is C18H35NO2. The molecule has 0 bridgehead atoms. The molecule has 2 rings (SSSR count). The predicted molar refractivity (Wildman–Crippen MR) is 87.1 cm³/mol. The third-order valence-electron chi connectivity index (χ3n) is 6.64. The highest BCUT2D eigenvalue weighted by Gasteiger charge is 2.52. The van der Waals surface area contributed by atoms with E-state index in [9.17, 15) is 5.11 Å². The van der Waals surface area contributed by atoms with E-state index in [4.69, 9.17) is 10.5 Å². The lowest BCUT2D eigenvalue weighted by Crippen LogP contribution is -2.56. The Bertz CT molecular complexity index is 332. The number of rotatable bonds is 3. The summed E-state index contributed by atoms with van der Waals surface area (Å²) in [6.45, 7) is 7.64. The molecule has 0 atom stereocenters. The average molecular weight is 297 g/mol. The van der Waals surface area contributed by atoms with Crippen LogP contribution in [0.5, 0.6) is 0 Å². The molecule has 124 valence electrons. The first-order valence-corrected chi connectivity index (χ1v) is 8.72. The van der Waals surface area contributed by atoms with Crippen LogP contribution < -0.4 is 5.73 Å². The average Bonchev–Trinajstić information content (AvgIpc) is 2.47. The summed E-state index contributed by atoms with van der Waals surface area (Å²) in [4.78, 5) is 0. The molecule has 2 saturated carbocycles. The first kappa shape index (κ1) is 17.2. The number of hydrogen-bond acceptors (Lipinski definition) is 3. The van der Waals surface area contributed by atoms with Gasteiger partial charge in [-0.3, -0.25) is 0 Å². The number of hydrogen-bond donors (Lipinski definition) is 2. The SMILES string of the molecule is COC1CCC(O)(C2(CN)CCC(C(C)(C)C)CC2)CC1. The van der Waals surface area contributed by atoms with Gasteiger partial charge >= 0.3 is 0 Å². The Hall–Kier alpha value is -0.120. The fourth-order valence-electron chi connectivity index (χ4n) is 4.73. The third kappa shape index (κ3) is 3.30. The Morgan fingerprint density at radius 1 is 1.05 bits per heavy atom. The summed E-state index contributed by atoms with van der Waals surface area (Å²) in [6.07, 6.45) is 8.54. The molecule has 21 heavy (non-hydrogen) atoms. The zero-order valence-electron chi connectivity index (χ0n) is 14.5. The highest BCUT2D eigenvalue weighted by molar-refractivity contribution is 5.04. The normalized spacial score (nSPS) is 42.0. The fraction of sp³-hybridized carbons (Fsp3) is 1.00. The molecule has 0 unspecified atom stereocenters. The highest BCUT2D eigenvalue weighted by atomic mass is 16.5. The van der Waals surface area contributed by atoms with Crippen LogP contribution in [-0.2, 0) is 4.74 Å². The summed E-state index contributed by atoms with van der Waals surface area (Å²) >= 11 is 0. The quantitative estimate of drug-likeness (QED) is 0.838. The lowest BCUT2D eigenvalue weighted by molar-refractivity contribution is -0.146. The Balaban J connectivity index is 2.06. The molecule has 0 aromatic heterocycles. The molecule has 0 saturated heterocycles. The van der Waals surface area contributed by atoms with Gasteiger partial charge in [-0.15, -0.1) is 0 Å². The smallest absolute Gasteiger partial charge is 0.0717 e. The highest BCUT2D eigenvalue weighted by Crippen LogP contribution is 2.53. The van der Waals surface area contributed by atoms with Gasteiger partial charge in [-0.1, -0.05) is 20.8 Å². The minimum Gasteiger partial charge on any atom is -0.389 e. The molecule has 0 aromatic rings. The van der Waals surface area contributed by atoms with Gasteiger partial charge in [0.05, 0.1) is 11.7 Å². The van der Waals surface area contributed by atoms with Crippen molar-refractivity contribution in [2.24, 2.45) is 22.5 Å². The number of nitrogens with two attached hydrogens (primary N) is 1. The topological polar surface area (TPSA) is 55.5 Å². The minimum absolute atomic E-state index is 0.0620. The molecule has 2 fully saturated rings. The van der Waals surface area contributed by atoms with Gasteiger partial charge < -0.3 is 15.6 Å². The third-order valence-corrected chi connectivity index (χ3v) is 6.64. The van der Waals surface area contributed by atoms with E-state index in [2.05, 4.69) is 20.8 Å². The summed E-state index contributed by atoms with van der Waals surface area (Å²) in [5, 5.41) is 11.3. The van der Waals surface area contributed by atoms with Gasteiger partial charge in [0, 0.05) is 19.1 Å². The van der Waals surface area contributed by atoms with Crippen molar-refractivity contribution in [3.05, 3.63) is 0 Å². The van der Waals surface area contributed by atoms with Crippen LogP contribution in [0.25, 0.3) is 0 Å². The molecule has 0 aromatic carbocycles. The van der Waals surface area contributed by atoms with Crippen molar-refractivity contribution in [1.29, 1.82) is 0 Å². The van der Waals surface area contributed by atoms with Crippen LogP contribution in [0, 0.1) is 16.7 Å². The second-order valence-electron chi connectivity index (χ2n) is 8.59. The number of methoxy groups -OCH3 is 1. The maximum absolute atomic E-state index is 11.3. The predicted octanol–water partition coefficient (Wildman–Crippen LogP) is 3.49.